The number of likely N-dealkylation sites (tertiary alicyclic amines) is 1. The third kappa shape index (κ3) is 5.33. The van der Waals surface area contributed by atoms with Gasteiger partial charge in [-0.15, -0.1) is 0 Å². The topological polar surface area (TPSA) is 32.3 Å². The van der Waals surface area contributed by atoms with Crippen LogP contribution < -0.4 is 5.32 Å². The number of aryl methyl sites for hydroxylation is 1. The molecular formula is C17H26N2O. The van der Waals surface area contributed by atoms with Crippen molar-refractivity contribution in [2.75, 3.05) is 26.7 Å². The van der Waals surface area contributed by atoms with Crippen molar-refractivity contribution in [1.82, 2.24) is 10.2 Å². The summed E-state index contributed by atoms with van der Waals surface area (Å²) in [5.74, 6) is 0.813. The fourth-order valence-corrected chi connectivity index (χ4v) is 2.77. The van der Waals surface area contributed by atoms with Crippen LogP contribution in [0.3, 0.4) is 0 Å². The van der Waals surface area contributed by atoms with Gasteiger partial charge in [-0.1, -0.05) is 30.3 Å². The van der Waals surface area contributed by atoms with Gasteiger partial charge in [0.2, 0.25) is 5.91 Å². The molecular weight excluding hydrogens is 248 g/mol. The zero-order chi connectivity index (χ0) is 14.2. The first-order chi connectivity index (χ1) is 9.74. The first-order valence-corrected chi connectivity index (χ1v) is 7.73. The van der Waals surface area contributed by atoms with Crippen molar-refractivity contribution in [3.8, 4) is 0 Å². The van der Waals surface area contributed by atoms with E-state index in [-0.39, 0.29) is 5.91 Å². The number of hydrogen-bond donors (Lipinski definition) is 1. The molecule has 1 saturated heterocycles. The van der Waals surface area contributed by atoms with Gasteiger partial charge in [0.05, 0.1) is 0 Å². The quantitative estimate of drug-likeness (QED) is 0.808. The maximum absolute atomic E-state index is 11.9. The van der Waals surface area contributed by atoms with Crippen LogP contribution in [0.25, 0.3) is 0 Å². The van der Waals surface area contributed by atoms with Crippen molar-refractivity contribution < 1.29 is 4.79 Å². The summed E-state index contributed by atoms with van der Waals surface area (Å²) in [5.41, 5.74) is 1.34. The van der Waals surface area contributed by atoms with Crippen LogP contribution in [-0.4, -0.2) is 37.5 Å². The lowest BCUT2D eigenvalue weighted by Gasteiger charge is -2.28. The molecule has 0 spiro atoms. The van der Waals surface area contributed by atoms with E-state index >= 15 is 0 Å². The number of rotatable bonds is 6. The molecule has 3 nitrogen and oxygen atoms in total. The third-order valence-corrected chi connectivity index (χ3v) is 4.12. The molecule has 3 heteroatoms. The monoisotopic (exact) mass is 274 g/mol. The molecule has 1 fully saturated rings. The van der Waals surface area contributed by atoms with Crippen LogP contribution in [0.2, 0.25) is 0 Å². The van der Waals surface area contributed by atoms with Crippen molar-refractivity contribution in [2.24, 2.45) is 5.92 Å². The van der Waals surface area contributed by atoms with Crippen LogP contribution in [0.4, 0.5) is 0 Å². The molecule has 0 unspecified atom stereocenters. The lowest BCUT2D eigenvalue weighted by molar-refractivity contribution is -0.122. The van der Waals surface area contributed by atoms with Crippen molar-refractivity contribution in [2.45, 2.75) is 32.1 Å². The largest absolute Gasteiger partial charge is 0.356 e. The minimum absolute atomic E-state index is 0.229. The predicted octanol–water partition coefficient (Wildman–Crippen LogP) is 2.47. The number of piperidine rings is 1. The molecule has 1 aromatic rings. The summed E-state index contributed by atoms with van der Waals surface area (Å²) < 4.78 is 0. The molecule has 1 amide bonds. The van der Waals surface area contributed by atoms with Crippen LogP contribution in [0.15, 0.2) is 30.3 Å². The molecule has 0 bridgehead atoms. The minimum atomic E-state index is 0.229. The summed E-state index contributed by atoms with van der Waals surface area (Å²) in [6.45, 7) is 3.05. The minimum Gasteiger partial charge on any atom is -0.356 e. The van der Waals surface area contributed by atoms with E-state index in [1.165, 1.54) is 5.56 Å². The van der Waals surface area contributed by atoms with E-state index in [2.05, 4.69) is 41.5 Å². The summed E-state index contributed by atoms with van der Waals surface area (Å²) >= 11 is 0. The summed E-state index contributed by atoms with van der Waals surface area (Å²) in [5, 5.41) is 3.06. The van der Waals surface area contributed by atoms with Gasteiger partial charge in [0.15, 0.2) is 0 Å². The Labute approximate surface area is 122 Å². The summed E-state index contributed by atoms with van der Waals surface area (Å²) in [4.78, 5) is 14.2. The number of benzene rings is 1. The number of carbonyl (C=O) groups is 1. The van der Waals surface area contributed by atoms with E-state index in [0.717, 1.165) is 45.3 Å². The maximum atomic E-state index is 11.9. The van der Waals surface area contributed by atoms with Crippen molar-refractivity contribution in [3.05, 3.63) is 35.9 Å². The molecule has 0 atom stereocenters. The van der Waals surface area contributed by atoms with Gasteiger partial charge in [-0.3, -0.25) is 4.79 Å². The van der Waals surface area contributed by atoms with Gasteiger partial charge in [0.1, 0.15) is 0 Å². The van der Waals surface area contributed by atoms with Crippen LogP contribution in [0, 0.1) is 5.92 Å². The van der Waals surface area contributed by atoms with Gasteiger partial charge in [-0.05, 0) is 57.3 Å². The van der Waals surface area contributed by atoms with E-state index in [0.29, 0.717) is 12.3 Å². The molecule has 20 heavy (non-hydrogen) atoms. The molecule has 1 heterocycles. The molecule has 0 radical (unpaired) electrons. The standard InChI is InChI=1S/C17H26N2O/c1-19-12-9-16(10-13-19)14-17(20)18-11-5-8-15-6-3-2-4-7-15/h2-4,6-7,16H,5,8-14H2,1H3,(H,18,20). The van der Waals surface area contributed by atoms with Gasteiger partial charge < -0.3 is 10.2 Å². The first-order valence-electron chi connectivity index (χ1n) is 7.73. The fraction of sp³-hybridized carbons (Fsp3) is 0.588. The van der Waals surface area contributed by atoms with Gasteiger partial charge in [-0.2, -0.15) is 0 Å². The number of hydrogen-bond acceptors (Lipinski definition) is 2. The number of carbonyl (C=O) groups excluding carboxylic acids is 1. The molecule has 0 saturated carbocycles. The van der Waals surface area contributed by atoms with Crippen molar-refractivity contribution in [1.29, 1.82) is 0 Å². The Bertz CT molecular complexity index is 397. The normalized spacial score (nSPS) is 17.1. The highest BCUT2D eigenvalue weighted by molar-refractivity contribution is 5.76. The highest BCUT2D eigenvalue weighted by atomic mass is 16.1. The molecule has 1 aliphatic heterocycles. The fourth-order valence-electron chi connectivity index (χ4n) is 2.77. The average molecular weight is 274 g/mol. The lowest BCUT2D eigenvalue weighted by atomic mass is 9.93. The molecule has 1 aromatic carbocycles. The SMILES string of the molecule is CN1CCC(CC(=O)NCCCc2ccccc2)CC1. The number of amides is 1. The lowest BCUT2D eigenvalue weighted by Crippen LogP contribution is -2.33. The molecule has 2 rings (SSSR count). The first kappa shape index (κ1) is 15.0. The van der Waals surface area contributed by atoms with Gasteiger partial charge in [-0.25, -0.2) is 0 Å². The Morgan fingerprint density at radius 3 is 2.65 bits per heavy atom. The van der Waals surface area contributed by atoms with Crippen LogP contribution >= 0.6 is 0 Å². The van der Waals surface area contributed by atoms with Crippen LogP contribution in [0.5, 0.6) is 0 Å². The molecule has 0 aromatic heterocycles. The predicted molar refractivity (Wildman–Crippen MR) is 82.6 cm³/mol. The van der Waals surface area contributed by atoms with Crippen LogP contribution in [0.1, 0.15) is 31.2 Å². The Balaban J connectivity index is 1.56. The second-order valence-corrected chi connectivity index (χ2v) is 5.89. The molecule has 0 aliphatic carbocycles. The highest BCUT2D eigenvalue weighted by Crippen LogP contribution is 2.19. The van der Waals surface area contributed by atoms with E-state index in [1.54, 1.807) is 0 Å². The third-order valence-electron chi connectivity index (χ3n) is 4.12. The van der Waals surface area contributed by atoms with E-state index in [4.69, 9.17) is 0 Å². The van der Waals surface area contributed by atoms with Gasteiger partial charge in [0, 0.05) is 13.0 Å². The number of nitrogens with zero attached hydrogens (tertiary/aromatic N) is 1. The summed E-state index contributed by atoms with van der Waals surface area (Å²) in [6.07, 6.45) is 5.08. The second kappa shape index (κ2) is 8.05. The van der Waals surface area contributed by atoms with Crippen molar-refractivity contribution in [3.63, 3.8) is 0 Å². The Morgan fingerprint density at radius 2 is 1.95 bits per heavy atom. The van der Waals surface area contributed by atoms with Gasteiger partial charge >= 0.3 is 0 Å². The summed E-state index contributed by atoms with van der Waals surface area (Å²) in [7, 11) is 2.15. The summed E-state index contributed by atoms with van der Waals surface area (Å²) in [6, 6.07) is 10.4. The Hall–Kier alpha value is -1.35. The highest BCUT2D eigenvalue weighted by Gasteiger charge is 2.19. The van der Waals surface area contributed by atoms with Gasteiger partial charge in [0.25, 0.3) is 0 Å². The Kier molecular flexibility index (Phi) is 6.06. The van der Waals surface area contributed by atoms with E-state index < -0.39 is 0 Å². The average Bonchev–Trinajstić information content (AvgIpc) is 2.47. The Morgan fingerprint density at radius 1 is 1.25 bits per heavy atom. The van der Waals surface area contributed by atoms with Crippen LogP contribution in [-0.2, 0) is 11.2 Å². The maximum Gasteiger partial charge on any atom is 0.220 e. The van der Waals surface area contributed by atoms with E-state index in [9.17, 15) is 4.79 Å². The van der Waals surface area contributed by atoms with Crippen molar-refractivity contribution >= 4 is 5.91 Å². The number of nitrogens with one attached hydrogen (secondary N) is 1. The molecule has 1 aliphatic rings. The zero-order valence-corrected chi connectivity index (χ0v) is 12.5. The molecule has 110 valence electrons. The second-order valence-electron chi connectivity index (χ2n) is 5.89. The molecule has 1 N–H and O–H groups in total. The van der Waals surface area contributed by atoms with E-state index in [1.807, 2.05) is 6.07 Å². The zero-order valence-electron chi connectivity index (χ0n) is 12.5. The smallest absolute Gasteiger partial charge is 0.220 e.